The predicted octanol–water partition coefficient (Wildman–Crippen LogP) is 1.61. The van der Waals surface area contributed by atoms with Crippen molar-refractivity contribution in [3.8, 4) is 0 Å². The van der Waals surface area contributed by atoms with Gasteiger partial charge in [0.25, 0.3) is 0 Å². The molecule has 1 heterocycles. The van der Waals surface area contributed by atoms with Crippen LogP contribution in [-0.2, 0) is 4.79 Å². The summed E-state index contributed by atoms with van der Waals surface area (Å²) in [6.45, 7) is 3.75. The van der Waals surface area contributed by atoms with Gasteiger partial charge in [0.1, 0.15) is 5.82 Å². The number of halogens is 1. The molecule has 1 aliphatic heterocycles. The van der Waals surface area contributed by atoms with Crippen molar-refractivity contribution < 1.29 is 19.1 Å². The largest absolute Gasteiger partial charge is 0.393 e. The van der Waals surface area contributed by atoms with Crippen LogP contribution >= 0.6 is 0 Å². The minimum atomic E-state index is -0.703. The molecule has 1 saturated heterocycles. The van der Waals surface area contributed by atoms with Gasteiger partial charge in [-0.2, -0.15) is 0 Å². The van der Waals surface area contributed by atoms with E-state index in [1.807, 2.05) is 0 Å². The molecule has 3 amide bonds. The third-order valence-corrected chi connectivity index (χ3v) is 4.32. The first-order chi connectivity index (χ1) is 11.3. The van der Waals surface area contributed by atoms with Gasteiger partial charge in [-0.15, -0.1) is 0 Å². The minimum absolute atomic E-state index is 0.0380. The maximum absolute atomic E-state index is 13.4. The smallest absolute Gasteiger partial charge is 0.315 e. The summed E-state index contributed by atoms with van der Waals surface area (Å²) in [6.07, 6.45) is 0.425. The van der Waals surface area contributed by atoms with Crippen molar-refractivity contribution in [2.45, 2.75) is 51.3 Å². The molecule has 1 fully saturated rings. The van der Waals surface area contributed by atoms with Crippen LogP contribution in [0.2, 0.25) is 0 Å². The van der Waals surface area contributed by atoms with Crippen molar-refractivity contribution in [1.29, 1.82) is 0 Å². The van der Waals surface area contributed by atoms with Crippen LogP contribution in [0.3, 0.4) is 0 Å². The molecule has 1 aliphatic rings. The highest BCUT2D eigenvalue weighted by molar-refractivity contribution is 5.77. The van der Waals surface area contributed by atoms with Gasteiger partial charge in [-0.3, -0.25) is 4.79 Å². The number of nitrogens with one attached hydrogen (secondary N) is 1. The number of carbonyl (C=O) groups excluding carboxylic acids is 2. The van der Waals surface area contributed by atoms with Gasteiger partial charge in [0.05, 0.1) is 18.6 Å². The predicted molar refractivity (Wildman–Crippen MR) is 87.6 cm³/mol. The Kier molecular flexibility index (Phi) is 5.77. The minimum Gasteiger partial charge on any atom is -0.393 e. The molecule has 0 radical (unpaired) electrons. The highest BCUT2D eigenvalue weighted by Crippen LogP contribution is 2.33. The van der Waals surface area contributed by atoms with Crippen molar-refractivity contribution in [3.63, 3.8) is 0 Å². The van der Waals surface area contributed by atoms with E-state index in [-0.39, 0.29) is 30.2 Å². The molecule has 0 aliphatic carbocycles. The first-order valence-electron chi connectivity index (χ1n) is 8.07. The Hall–Kier alpha value is -2.15. The van der Waals surface area contributed by atoms with Crippen molar-refractivity contribution in [2.75, 3.05) is 6.54 Å². The fourth-order valence-electron chi connectivity index (χ4n) is 3.22. The molecule has 132 valence electrons. The normalized spacial score (nSPS) is 22.1. The fourth-order valence-corrected chi connectivity index (χ4v) is 3.22. The van der Waals surface area contributed by atoms with Crippen molar-refractivity contribution >= 4 is 11.9 Å². The van der Waals surface area contributed by atoms with E-state index in [0.29, 0.717) is 19.4 Å². The fraction of sp³-hybridized carbons (Fsp3) is 0.529. The van der Waals surface area contributed by atoms with Gasteiger partial charge in [-0.25, -0.2) is 9.18 Å². The second-order valence-electron chi connectivity index (χ2n) is 6.39. The lowest BCUT2D eigenvalue weighted by molar-refractivity contribution is -0.123. The van der Waals surface area contributed by atoms with Crippen LogP contribution in [0, 0.1) is 12.7 Å². The maximum atomic E-state index is 13.4. The van der Waals surface area contributed by atoms with Crippen LogP contribution in [0.5, 0.6) is 0 Å². The number of primary amides is 1. The number of aliphatic hydroxyl groups excluding tert-OH is 1. The number of aliphatic hydroxyl groups is 1. The third kappa shape index (κ3) is 4.44. The summed E-state index contributed by atoms with van der Waals surface area (Å²) in [6, 6.07) is 3.47. The van der Waals surface area contributed by atoms with Gasteiger partial charge in [0.2, 0.25) is 5.91 Å². The molecular weight excluding hydrogens is 313 g/mol. The van der Waals surface area contributed by atoms with E-state index in [0.717, 1.165) is 11.1 Å². The summed E-state index contributed by atoms with van der Waals surface area (Å²) >= 11 is 0. The van der Waals surface area contributed by atoms with Gasteiger partial charge in [0, 0.05) is 12.6 Å². The van der Waals surface area contributed by atoms with E-state index in [2.05, 4.69) is 5.32 Å². The molecule has 2 rings (SSSR count). The van der Waals surface area contributed by atoms with Crippen molar-refractivity contribution in [2.24, 2.45) is 5.73 Å². The van der Waals surface area contributed by atoms with E-state index in [1.165, 1.54) is 12.1 Å². The van der Waals surface area contributed by atoms with E-state index in [4.69, 9.17) is 5.73 Å². The van der Waals surface area contributed by atoms with Crippen LogP contribution in [0.1, 0.15) is 43.4 Å². The maximum Gasteiger partial charge on any atom is 0.315 e. The molecule has 1 aromatic carbocycles. The number of carbonyl (C=O) groups is 2. The first-order valence-corrected chi connectivity index (χ1v) is 8.07. The summed E-state index contributed by atoms with van der Waals surface area (Å²) in [7, 11) is 0. The number of amides is 3. The molecule has 24 heavy (non-hydrogen) atoms. The van der Waals surface area contributed by atoms with E-state index >= 15 is 0 Å². The number of hydrogen-bond donors (Lipinski definition) is 3. The molecule has 0 spiro atoms. The standard InChI is InChI=1S/C17H24FN3O3/c1-10-7-12(18)3-4-14(10)15-9-13(5-6-21(15)17(19)24)20-16(23)8-11(2)22/h3-4,7,11,13,15,22H,5-6,8-9H2,1-2H3,(H2,19,24)(H,20,23)/t11-,13?,15?/m1/s1. The molecule has 2 unspecified atom stereocenters. The summed E-state index contributed by atoms with van der Waals surface area (Å²) < 4.78 is 13.4. The Morgan fingerprint density at radius 1 is 1.50 bits per heavy atom. The number of benzene rings is 1. The number of urea groups is 1. The van der Waals surface area contributed by atoms with Gasteiger partial charge in [0.15, 0.2) is 0 Å². The number of nitrogens with two attached hydrogens (primary N) is 1. The van der Waals surface area contributed by atoms with E-state index in [1.54, 1.807) is 24.8 Å². The number of hydrogen-bond acceptors (Lipinski definition) is 3. The van der Waals surface area contributed by atoms with Gasteiger partial charge < -0.3 is 21.1 Å². The van der Waals surface area contributed by atoms with Crippen LogP contribution in [-0.4, -0.2) is 40.6 Å². The molecule has 0 saturated carbocycles. The van der Waals surface area contributed by atoms with E-state index in [9.17, 15) is 19.1 Å². The molecule has 1 aromatic rings. The molecule has 3 atom stereocenters. The van der Waals surface area contributed by atoms with Crippen molar-refractivity contribution in [1.82, 2.24) is 10.2 Å². The van der Waals surface area contributed by atoms with Crippen LogP contribution < -0.4 is 11.1 Å². The van der Waals surface area contributed by atoms with Crippen molar-refractivity contribution in [3.05, 3.63) is 35.1 Å². The summed E-state index contributed by atoms with van der Waals surface area (Å²) in [4.78, 5) is 25.2. The number of rotatable bonds is 4. The average molecular weight is 337 g/mol. The molecular formula is C17H24FN3O3. The zero-order valence-corrected chi connectivity index (χ0v) is 14.0. The Balaban J connectivity index is 2.17. The Morgan fingerprint density at radius 3 is 2.79 bits per heavy atom. The Labute approximate surface area is 140 Å². The molecule has 0 bridgehead atoms. The van der Waals surface area contributed by atoms with Gasteiger partial charge in [-0.1, -0.05) is 6.07 Å². The number of piperidine rings is 1. The monoisotopic (exact) mass is 337 g/mol. The van der Waals surface area contributed by atoms with Crippen LogP contribution in [0.25, 0.3) is 0 Å². The molecule has 4 N–H and O–H groups in total. The van der Waals surface area contributed by atoms with Gasteiger partial charge >= 0.3 is 6.03 Å². The highest BCUT2D eigenvalue weighted by atomic mass is 19.1. The number of nitrogens with zero attached hydrogens (tertiary/aromatic N) is 1. The third-order valence-electron chi connectivity index (χ3n) is 4.32. The molecule has 6 nitrogen and oxygen atoms in total. The Morgan fingerprint density at radius 2 is 2.21 bits per heavy atom. The van der Waals surface area contributed by atoms with E-state index < -0.39 is 12.1 Å². The lowest BCUT2D eigenvalue weighted by Gasteiger charge is -2.39. The number of likely N-dealkylation sites (tertiary alicyclic amines) is 1. The second kappa shape index (κ2) is 7.61. The van der Waals surface area contributed by atoms with Gasteiger partial charge in [-0.05, 0) is 49.9 Å². The average Bonchev–Trinajstić information content (AvgIpc) is 2.45. The lowest BCUT2D eigenvalue weighted by atomic mass is 9.89. The second-order valence-corrected chi connectivity index (χ2v) is 6.39. The number of aryl methyl sites for hydroxylation is 1. The zero-order chi connectivity index (χ0) is 17.9. The summed E-state index contributed by atoms with van der Waals surface area (Å²) in [5.41, 5.74) is 7.04. The summed E-state index contributed by atoms with van der Waals surface area (Å²) in [5.74, 6) is -0.559. The van der Waals surface area contributed by atoms with Crippen LogP contribution in [0.15, 0.2) is 18.2 Å². The molecule has 7 heteroatoms. The zero-order valence-electron chi connectivity index (χ0n) is 14.0. The SMILES string of the molecule is Cc1cc(F)ccc1C1CC(NC(=O)C[C@@H](C)O)CCN1C(N)=O. The first kappa shape index (κ1) is 18.2. The quantitative estimate of drug-likeness (QED) is 0.779. The molecule has 0 aromatic heterocycles. The Bertz CT molecular complexity index is 621. The lowest BCUT2D eigenvalue weighted by Crippen LogP contribution is -2.50. The topological polar surface area (TPSA) is 95.7 Å². The highest BCUT2D eigenvalue weighted by Gasteiger charge is 2.33. The van der Waals surface area contributed by atoms with Crippen LogP contribution in [0.4, 0.5) is 9.18 Å². The summed E-state index contributed by atoms with van der Waals surface area (Å²) in [5, 5.41) is 12.2.